The molecule has 2 N–H and O–H groups in total. The van der Waals surface area contributed by atoms with Crippen LogP contribution in [0.15, 0.2) is 24.8 Å². The van der Waals surface area contributed by atoms with Crippen LogP contribution in [0.25, 0.3) is 0 Å². The van der Waals surface area contributed by atoms with Crippen molar-refractivity contribution < 1.29 is 8.42 Å². The number of hydrogen-bond acceptors (Lipinski definition) is 2. The third-order valence-electron chi connectivity index (χ3n) is 0.601. The molecule has 9 heavy (non-hydrogen) atoms. The number of nitrogens with two attached hydrogens (primary N) is 1. The second kappa shape index (κ2) is 3.42. The fourth-order valence-corrected chi connectivity index (χ4v) is 0.665. The number of primary sulfonamides is 1. The molecule has 0 fully saturated rings. The van der Waals surface area contributed by atoms with Crippen molar-refractivity contribution in [2.75, 3.05) is 5.75 Å². The van der Waals surface area contributed by atoms with E-state index in [1.165, 1.54) is 18.2 Å². The fourth-order valence-electron chi connectivity index (χ4n) is 0.286. The molecule has 0 aliphatic rings. The van der Waals surface area contributed by atoms with Crippen LogP contribution in [0.5, 0.6) is 0 Å². The Morgan fingerprint density at radius 1 is 1.56 bits per heavy atom. The van der Waals surface area contributed by atoms with Crippen LogP contribution in [0.4, 0.5) is 0 Å². The first kappa shape index (κ1) is 8.39. The quantitative estimate of drug-likeness (QED) is 0.572. The lowest BCUT2D eigenvalue weighted by Crippen LogP contribution is -2.14. The van der Waals surface area contributed by atoms with Gasteiger partial charge in [-0.2, -0.15) is 0 Å². The third kappa shape index (κ3) is 7.39. The molecule has 0 saturated carbocycles. The summed E-state index contributed by atoms with van der Waals surface area (Å²) in [6.45, 7) is 3.36. The van der Waals surface area contributed by atoms with E-state index in [4.69, 9.17) is 0 Å². The molecule has 0 atom stereocenters. The lowest BCUT2D eigenvalue weighted by molar-refractivity contribution is 0.600. The Kier molecular flexibility index (Phi) is 3.19. The highest BCUT2D eigenvalue weighted by Gasteiger charge is 1.94. The Hall–Kier alpha value is -0.610. The van der Waals surface area contributed by atoms with Crippen molar-refractivity contribution in [3.05, 3.63) is 24.8 Å². The highest BCUT2D eigenvalue weighted by molar-refractivity contribution is 7.89. The van der Waals surface area contributed by atoms with Crippen LogP contribution in [-0.4, -0.2) is 14.2 Å². The van der Waals surface area contributed by atoms with Crippen molar-refractivity contribution in [2.24, 2.45) is 5.14 Å². The minimum absolute atomic E-state index is 0.126. The van der Waals surface area contributed by atoms with Crippen molar-refractivity contribution in [1.29, 1.82) is 0 Å². The monoisotopic (exact) mass is 147 g/mol. The normalized spacial score (nSPS) is 12.1. The maximum atomic E-state index is 10.2. The average molecular weight is 147 g/mol. The Balaban J connectivity index is 3.78. The second-order valence-electron chi connectivity index (χ2n) is 1.49. The van der Waals surface area contributed by atoms with Crippen molar-refractivity contribution in [2.45, 2.75) is 0 Å². The largest absolute Gasteiger partial charge is 0.228 e. The van der Waals surface area contributed by atoms with Crippen LogP contribution in [-0.2, 0) is 10.0 Å². The van der Waals surface area contributed by atoms with Crippen molar-refractivity contribution in [3.63, 3.8) is 0 Å². The number of rotatable bonds is 3. The molecule has 0 spiro atoms. The minimum atomic E-state index is -3.33. The first-order chi connectivity index (χ1) is 4.06. The van der Waals surface area contributed by atoms with Gasteiger partial charge in [0.2, 0.25) is 10.0 Å². The van der Waals surface area contributed by atoms with Gasteiger partial charge >= 0.3 is 0 Å². The van der Waals surface area contributed by atoms with Gasteiger partial charge < -0.3 is 0 Å². The molecule has 0 aromatic heterocycles. The Morgan fingerprint density at radius 2 is 2.11 bits per heavy atom. The van der Waals surface area contributed by atoms with Gasteiger partial charge in [0.05, 0.1) is 5.75 Å². The van der Waals surface area contributed by atoms with E-state index in [9.17, 15) is 8.42 Å². The summed E-state index contributed by atoms with van der Waals surface area (Å²) in [6, 6.07) is 0. The van der Waals surface area contributed by atoms with Gasteiger partial charge in [-0.15, -0.1) is 0 Å². The van der Waals surface area contributed by atoms with Gasteiger partial charge in [0.15, 0.2) is 0 Å². The van der Waals surface area contributed by atoms with Crippen LogP contribution in [0.2, 0.25) is 0 Å². The van der Waals surface area contributed by atoms with Crippen LogP contribution in [0.1, 0.15) is 0 Å². The predicted octanol–water partition coefficient (Wildman–Crippen LogP) is 0.0171. The van der Waals surface area contributed by atoms with E-state index >= 15 is 0 Å². The molecule has 0 aromatic carbocycles. The zero-order valence-electron chi connectivity index (χ0n) is 4.95. The molecular formula is C5H9NO2S. The van der Waals surface area contributed by atoms with Gasteiger partial charge in [-0.25, -0.2) is 13.6 Å². The summed E-state index contributed by atoms with van der Waals surface area (Å²) in [6.07, 6.45) is 4.46. The molecule has 4 heteroatoms. The summed E-state index contributed by atoms with van der Waals surface area (Å²) in [7, 11) is -3.33. The van der Waals surface area contributed by atoms with Gasteiger partial charge in [0.25, 0.3) is 0 Å². The van der Waals surface area contributed by atoms with Gasteiger partial charge in [-0.3, -0.25) is 0 Å². The molecule has 0 aromatic rings. The Bertz CT molecular complexity index is 203. The fraction of sp³-hybridized carbons (Fsp3) is 0.200. The molecule has 0 radical (unpaired) electrons. The summed E-state index contributed by atoms with van der Waals surface area (Å²) >= 11 is 0. The zero-order chi connectivity index (χ0) is 7.33. The van der Waals surface area contributed by atoms with E-state index in [0.717, 1.165) is 0 Å². The van der Waals surface area contributed by atoms with Crippen LogP contribution < -0.4 is 5.14 Å². The van der Waals surface area contributed by atoms with E-state index in [1.807, 2.05) is 0 Å². The predicted molar refractivity (Wildman–Crippen MR) is 37.3 cm³/mol. The number of allylic oxidation sites excluding steroid dienone is 2. The molecule has 0 unspecified atom stereocenters. The van der Waals surface area contributed by atoms with E-state index in [2.05, 4.69) is 11.7 Å². The lowest BCUT2D eigenvalue weighted by Gasteiger charge is -1.85. The highest BCUT2D eigenvalue weighted by Crippen LogP contribution is 1.79. The highest BCUT2D eigenvalue weighted by atomic mass is 32.2. The van der Waals surface area contributed by atoms with E-state index in [0.29, 0.717) is 0 Å². The summed E-state index contributed by atoms with van der Waals surface area (Å²) < 4.78 is 20.4. The maximum absolute atomic E-state index is 10.2. The topological polar surface area (TPSA) is 60.2 Å². The molecule has 0 aliphatic carbocycles. The van der Waals surface area contributed by atoms with Gasteiger partial charge in [0, 0.05) is 0 Å². The lowest BCUT2D eigenvalue weighted by atomic mass is 10.5. The SMILES string of the molecule is C=CC=CCS(N)(=O)=O. The molecule has 0 saturated heterocycles. The second-order valence-corrected chi connectivity index (χ2v) is 3.15. The summed E-state index contributed by atoms with van der Waals surface area (Å²) in [5.74, 6) is -0.126. The minimum Gasteiger partial charge on any atom is -0.228 e. The number of sulfonamides is 1. The van der Waals surface area contributed by atoms with Crippen LogP contribution in [0, 0.1) is 0 Å². The molecule has 3 nitrogen and oxygen atoms in total. The van der Waals surface area contributed by atoms with Crippen molar-refractivity contribution in [1.82, 2.24) is 0 Å². The van der Waals surface area contributed by atoms with Crippen LogP contribution >= 0.6 is 0 Å². The molecular weight excluding hydrogens is 138 g/mol. The van der Waals surface area contributed by atoms with Gasteiger partial charge in [-0.1, -0.05) is 24.8 Å². The van der Waals surface area contributed by atoms with Crippen molar-refractivity contribution >= 4 is 10.0 Å². The first-order valence-electron chi connectivity index (χ1n) is 2.34. The standard InChI is InChI=1S/C5H9NO2S/c1-2-3-4-5-9(6,7)8/h2-4H,1,5H2,(H2,6,7,8). The average Bonchev–Trinajstić information content (AvgIpc) is 1.63. The first-order valence-corrected chi connectivity index (χ1v) is 4.06. The van der Waals surface area contributed by atoms with Gasteiger partial charge in [-0.05, 0) is 0 Å². The van der Waals surface area contributed by atoms with Crippen molar-refractivity contribution in [3.8, 4) is 0 Å². The van der Waals surface area contributed by atoms with E-state index in [-0.39, 0.29) is 5.75 Å². The Labute approximate surface area is 54.9 Å². The number of hydrogen-bond donors (Lipinski definition) is 1. The molecule has 0 heterocycles. The van der Waals surface area contributed by atoms with E-state index in [1.54, 1.807) is 0 Å². The third-order valence-corrected chi connectivity index (χ3v) is 1.26. The molecule has 0 bridgehead atoms. The molecule has 0 rings (SSSR count). The Morgan fingerprint density at radius 3 is 2.44 bits per heavy atom. The molecule has 0 amide bonds. The smallest absolute Gasteiger partial charge is 0.212 e. The summed E-state index contributed by atoms with van der Waals surface area (Å²) in [4.78, 5) is 0. The molecule has 52 valence electrons. The zero-order valence-corrected chi connectivity index (χ0v) is 5.76. The summed E-state index contributed by atoms with van der Waals surface area (Å²) in [5.41, 5.74) is 0. The summed E-state index contributed by atoms with van der Waals surface area (Å²) in [5, 5.41) is 4.66. The maximum Gasteiger partial charge on any atom is 0.212 e. The van der Waals surface area contributed by atoms with Gasteiger partial charge in [0.1, 0.15) is 0 Å². The molecule has 0 aliphatic heterocycles. The van der Waals surface area contributed by atoms with E-state index < -0.39 is 10.0 Å². The van der Waals surface area contributed by atoms with Crippen LogP contribution in [0.3, 0.4) is 0 Å².